The highest BCUT2D eigenvalue weighted by Gasteiger charge is 2.39. The summed E-state index contributed by atoms with van der Waals surface area (Å²) in [5.41, 5.74) is 3.06. The summed E-state index contributed by atoms with van der Waals surface area (Å²) in [6, 6.07) is 14.0. The minimum absolute atomic E-state index is 0.0526. The van der Waals surface area contributed by atoms with Gasteiger partial charge in [0.1, 0.15) is 6.04 Å². The summed E-state index contributed by atoms with van der Waals surface area (Å²) in [4.78, 5) is 40.3. The average Bonchev–Trinajstić information content (AvgIpc) is 3.02. The van der Waals surface area contributed by atoms with Gasteiger partial charge >= 0.3 is 0 Å². The molecule has 1 N–H and O–H groups in total. The lowest BCUT2D eigenvalue weighted by Crippen LogP contribution is -2.34. The minimum atomic E-state index is -0.587. The molecule has 2 heterocycles. The first-order valence-electron chi connectivity index (χ1n) is 10.1. The standard InChI is InChI=1S/C23H25N3O3/c1-16(27)17-5-9-20(10-6-17)26-22(28)15-21(23(26)29)24-18-7-11-19(12-8-18)25-13-3-2-4-14-25/h5-12,21,24H,2-4,13-15H2,1H3/t21-/m1/s1. The second-order valence-corrected chi connectivity index (χ2v) is 7.67. The summed E-state index contributed by atoms with van der Waals surface area (Å²) in [5, 5.41) is 3.20. The van der Waals surface area contributed by atoms with Crippen molar-refractivity contribution in [2.45, 2.75) is 38.6 Å². The van der Waals surface area contributed by atoms with Crippen molar-refractivity contribution < 1.29 is 14.4 Å². The highest BCUT2D eigenvalue weighted by molar-refractivity contribution is 6.23. The van der Waals surface area contributed by atoms with Crippen LogP contribution >= 0.6 is 0 Å². The zero-order chi connectivity index (χ0) is 20.4. The molecule has 2 aromatic carbocycles. The van der Waals surface area contributed by atoms with E-state index >= 15 is 0 Å². The molecule has 29 heavy (non-hydrogen) atoms. The van der Waals surface area contributed by atoms with Crippen molar-refractivity contribution in [2.75, 3.05) is 28.2 Å². The molecule has 0 saturated carbocycles. The van der Waals surface area contributed by atoms with Crippen molar-refractivity contribution in [2.24, 2.45) is 0 Å². The number of rotatable bonds is 5. The van der Waals surface area contributed by atoms with Gasteiger partial charge in [0.25, 0.3) is 5.91 Å². The Morgan fingerprint density at radius 1 is 0.897 bits per heavy atom. The van der Waals surface area contributed by atoms with E-state index in [9.17, 15) is 14.4 Å². The first-order valence-corrected chi connectivity index (χ1v) is 10.1. The molecule has 6 nitrogen and oxygen atoms in total. The lowest BCUT2D eigenvalue weighted by atomic mass is 10.1. The molecule has 0 aromatic heterocycles. The second-order valence-electron chi connectivity index (χ2n) is 7.67. The fraction of sp³-hybridized carbons (Fsp3) is 0.348. The van der Waals surface area contributed by atoms with E-state index in [1.54, 1.807) is 24.3 Å². The molecular formula is C23H25N3O3. The number of piperidine rings is 1. The van der Waals surface area contributed by atoms with Crippen LogP contribution in [0.4, 0.5) is 17.1 Å². The number of ketones is 1. The molecule has 2 saturated heterocycles. The molecule has 0 bridgehead atoms. The van der Waals surface area contributed by atoms with Crippen LogP contribution in [-0.4, -0.2) is 36.7 Å². The largest absolute Gasteiger partial charge is 0.373 e. The number of carbonyl (C=O) groups excluding carboxylic acids is 3. The number of anilines is 3. The van der Waals surface area contributed by atoms with Crippen molar-refractivity contribution >= 4 is 34.7 Å². The Hall–Kier alpha value is -3.15. The Kier molecular flexibility index (Phi) is 5.34. The Balaban J connectivity index is 1.44. The molecule has 4 rings (SSSR count). The van der Waals surface area contributed by atoms with Crippen LogP contribution in [0.5, 0.6) is 0 Å². The predicted octanol–water partition coefficient (Wildman–Crippen LogP) is 3.62. The average molecular weight is 391 g/mol. The number of hydrogen-bond acceptors (Lipinski definition) is 5. The van der Waals surface area contributed by atoms with Gasteiger partial charge in [-0.15, -0.1) is 0 Å². The van der Waals surface area contributed by atoms with Crippen LogP contribution in [0.2, 0.25) is 0 Å². The van der Waals surface area contributed by atoms with Crippen LogP contribution in [-0.2, 0) is 9.59 Å². The van der Waals surface area contributed by atoms with Gasteiger partial charge in [-0.2, -0.15) is 0 Å². The molecule has 2 fully saturated rings. The van der Waals surface area contributed by atoms with E-state index in [0.29, 0.717) is 11.3 Å². The topological polar surface area (TPSA) is 69.7 Å². The number of hydrogen-bond donors (Lipinski definition) is 1. The zero-order valence-electron chi connectivity index (χ0n) is 16.6. The van der Waals surface area contributed by atoms with Crippen LogP contribution < -0.4 is 15.1 Å². The second kappa shape index (κ2) is 8.07. The van der Waals surface area contributed by atoms with Crippen molar-refractivity contribution in [1.82, 2.24) is 0 Å². The fourth-order valence-electron chi connectivity index (χ4n) is 3.98. The third-order valence-electron chi connectivity index (χ3n) is 5.61. The van der Waals surface area contributed by atoms with Gasteiger partial charge in [0.05, 0.1) is 12.1 Å². The number of carbonyl (C=O) groups is 3. The fourth-order valence-corrected chi connectivity index (χ4v) is 3.98. The smallest absolute Gasteiger partial charge is 0.256 e. The molecule has 2 aliphatic rings. The quantitative estimate of drug-likeness (QED) is 0.623. The van der Waals surface area contributed by atoms with E-state index < -0.39 is 6.04 Å². The number of amides is 2. The van der Waals surface area contributed by atoms with E-state index in [0.717, 1.165) is 18.8 Å². The Bertz CT molecular complexity index is 915. The van der Waals surface area contributed by atoms with Crippen LogP contribution in [0, 0.1) is 0 Å². The van der Waals surface area contributed by atoms with Crippen molar-refractivity contribution in [3.8, 4) is 0 Å². The van der Waals surface area contributed by atoms with Gasteiger partial charge in [-0.25, -0.2) is 4.90 Å². The monoisotopic (exact) mass is 391 g/mol. The minimum Gasteiger partial charge on any atom is -0.373 e. The summed E-state index contributed by atoms with van der Waals surface area (Å²) in [7, 11) is 0. The van der Waals surface area contributed by atoms with E-state index in [2.05, 4.69) is 22.3 Å². The van der Waals surface area contributed by atoms with E-state index in [4.69, 9.17) is 0 Å². The number of imide groups is 1. The molecule has 0 aliphatic carbocycles. The maximum absolute atomic E-state index is 12.8. The molecule has 0 radical (unpaired) electrons. The summed E-state index contributed by atoms with van der Waals surface area (Å²) < 4.78 is 0. The normalized spacial score (nSPS) is 19.6. The number of nitrogens with one attached hydrogen (secondary N) is 1. The number of nitrogens with zero attached hydrogens (tertiary/aromatic N) is 2. The van der Waals surface area contributed by atoms with Crippen molar-refractivity contribution in [3.05, 3.63) is 54.1 Å². The van der Waals surface area contributed by atoms with Crippen LogP contribution in [0.3, 0.4) is 0 Å². The molecule has 2 aliphatic heterocycles. The van der Waals surface area contributed by atoms with Crippen molar-refractivity contribution in [1.29, 1.82) is 0 Å². The van der Waals surface area contributed by atoms with Gasteiger partial charge in [0.15, 0.2) is 5.78 Å². The Morgan fingerprint density at radius 2 is 1.52 bits per heavy atom. The maximum atomic E-state index is 12.8. The molecular weight excluding hydrogens is 366 g/mol. The van der Waals surface area contributed by atoms with Gasteiger partial charge in [-0.05, 0) is 74.7 Å². The van der Waals surface area contributed by atoms with Crippen LogP contribution in [0.15, 0.2) is 48.5 Å². The predicted molar refractivity (Wildman–Crippen MR) is 113 cm³/mol. The first-order chi connectivity index (χ1) is 14.0. The van der Waals surface area contributed by atoms with Gasteiger partial charge in [-0.1, -0.05) is 0 Å². The SMILES string of the molecule is CC(=O)c1ccc(N2C(=O)C[C@@H](Nc3ccc(N4CCCCC4)cc3)C2=O)cc1. The Labute approximate surface area is 170 Å². The molecule has 150 valence electrons. The third kappa shape index (κ3) is 4.01. The maximum Gasteiger partial charge on any atom is 0.256 e. The van der Waals surface area contributed by atoms with Gasteiger partial charge in [-0.3, -0.25) is 14.4 Å². The van der Waals surface area contributed by atoms with Gasteiger partial charge < -0.3 is 10.2 Å². The molecule has 2 amide bonds. The highest BCUT2D eigenvalue weighted by atomic mass is 16.2. The summed E-state index contributed by atoms with van der Waals surface area (Å²) in [6.45, 7) is 3.65. The lowest BCUT2D eigenvalue weighted by molar-refractivity contribution is -0.121. The molecule has 6 heteroatoms. The number of benzene rings is 2. The highest BCUT2D eigenvalue weighted by Crippen LogP contribution is 2.27. The summed E-state index contributed by atoms with van der Waals surface area (Å²) >= 11 is 0. The Morgan fingerprint density at radius 3 is 2.14 bits per heavy atom. The first kappa shape index (κ1) is 19.2. The van der Waals surface area contributed by atoms with E-state index in [-0.39, 0.29) is 24.0 Å². The van der Waals surface area contributed by atoms with Crippen LogP contribution in [0.1, 0.15) is 43.0 Å². The number of Topliss-reactive ketones (excluding diaryl/α,β-unsaturated/α-hetero) is 1. The van der Waals surface area contributed by atoms with Crippen LogP contribution in [0.25, 0.3) is 0 Å². The molecule has 2 aromatic rings. The lowest BCUT2D eigenvalue weighted by Gasteiger charge is -2.29. The molecule has 1 atom stereocenters. The van der Waals surface area contributed by atoms with E-state index in [1.165, 1.54) is 36.8 Å². The molecule has 0 unspecified atom stereocenters. The third-order valence-corrected chi connectivity index (χ3v) is 5.61. The molecule has 0 spiro atoms. The zero-order valence-corrected chi connectivity index (χ0v) is 16.6. The van der Waals surface area contributed by atoms with Gasteiger partial charge in [0, 0.05) is 30.0 Å². The van der Waals surface area contributed by atoms with E-state index in [1.807, 2.05) is 12.1 Å². The van der Waals surface area contributed by atoms with Gasteiger partial charge in [0.2, 0.25) is 5.91 Å². The summed E-state index contributed by atoms with van der Waals surface area (Å²) in [6.07, 6.45) is 3.85. The summed E-state index contributed by atoms with van der Waals surface area (Å²) in [5.74, 6) is -0.568. The van der Waals surface area contributed by atoms with Crippen molar-refractivity contribution in [3.63, 3.8) is 0 Å².